The molecule has 0 saturated heterocycles. The molecular formula is C98H121ClN18O4. The first kappa shape index (κ1) is 86.4. The number of amides is 4. The number of halogens is 1. The lowest BCUT2D eigenvalue weighted by molar-refractivity contribution is -0.132. The van der Waals surface area contributed by atoms with Crippen molar-refractivity contribution < 1.29 is 19.2 Å². The van der Waals surface area contributed by atoms with E-state index < -0.39 is 22.2 Å². The molecule has 4 saturated carbocycles. The first-order chi connectivity index (χ1) is 58.5. The molecule has 7 heterocycles. The fraction of sp³-hybridized carbons (Fsp3) is 0.449. The van der Waals surface area contributed by atoms with Crippen LogP contribution in [0.4, 0.5) is 0 Å². The number of aliphatic imine (C=N–C) groups is 4. The molecule has 0 radical (unpaired) electrons. The third-order valence-electron chi connectivity index (χ3n) is 27.1. The van der Waals surface area contributed by atoms with Gasteiger partial charge < -0.3 is 43.5 Å². The summed E-state index contributed by atoms with van der Waals surface area (Å²) in [6.45, 7) is 3.88. The highest BCUT2D eigenvalue weighted by atomic mass is 35.5. The van der Waals surface area contributed by atoms with Crippen LogP contribution in [-0.2, 0) is 43.1 Å². The number of carbonyl (C=O) groups excluding carboxylic acids is 4. The number of carbonyl (C=O) groups is 4. The number of H-pyrrole nitrogens is 2. The third-order valence-corrected chi connectivity index (χ3v) is 27.3. The van der Waals surface area contributed by atoms with Gasteiger partial charge in [-0.2, -0.15) is 5.26 Å². The third kappa shape index (κ3) is 20.0. The van der Waals surface area contributed by atoms with Crippen LogP contribution in [0.2, 0.25) is 5.02 Å². The maximum absolute atomic E-state index is 13.4. The van der Waals surface area contributed by atoms with Crippen LogP contribution >= 0.6 is 11.6 Å². The molecule has 12 N–H and O–H groups in total. The average Bonchev–Trinajstić information content (AvgIpc) is 1.75. The molecule has 9 aromatic rings. The fourth-order valence-corrected chi connectivity index (χ4v) is 20.3. The van der Waals surface area contributed by atoms with Crippen LogP contribution in [0.5, 0.6) is 0 Å². The number of nitriles is 1. The topological polar surface area (TPSA) is 327 Å². The minimum atomic E-state index is -1.30. The molecule has 3 aromatic heterocycles. The maximum atomic E-state index is 13.4. The molecule has 4 aliphatic heterocycles. The number of fused-ring (bicyclic) bond motifs is 2. The zero-order chi connectivity index (χ0) is 84.8. The van der Waals surface area contributed by atoms with Crippen molar-refractivity contribution in [1.29, 1.82) is 5.26 Å². The zero-order valence-corrected chi connectivity index (χ0v) is 71.8. The molecule has 121 heavy (non-hydrogen) atoms. The molecule has 8 aliphatic rings. The molecule has 634 valence electrons. The largest absolute Gasteiger partial charge is 0.369 e. The molecule has 0 spiro atoms. The Kier molecular flexibility index (Phi) is 27.7. The van der Waals surface area contributed by atoms with Crippen molar-refractivity contribution in [1.82, 2.24) is 45.2 Å². The van der Waals surface area contributed by atoms with Crippen LogP contribution < -0.4 is 33.6 Å². The second-order valence-corrected chi connectivity index (χ2v) is 35.7. The smallest absolute Gasteiger partial charge is 0.267 e. The number of nitrogens with zero attached hydrogens (tertiary/aromatic N) is 10. The van der Waals surface area contributed by atoms with E-state index in [1.54, 1.807) is 62.4 Å². The van der Waals surface area contributed by atoms with E-state index in [9.17, 15) is 19.2 Å². The van der Waals surface area contributed by atoms with E-state index in [-0.39, 0.29) is 42.0 Å². The van der Waals surface area contributed by atoms with Crippen molar-refractivity contribution in [2.75, 3.05) is 41.3 Å². The Balaban J connectivity index is 0.000000133. The summed E-state index contributed by atoms with van der Waals surface area (Å²) in [6, 6.07) is 56.2. The Morgan fingerprint density at radius 1 is 0.479 bits per heavy atom. The van der Waals surface area contributed by atoms with Crippen LogP contribution in [0.1, 0.15) is 201 Å². The van der Waals surface area contributed by atoms with Crippen molar-refractivity contribution in [2.24, 2.45) is 66.6 Å². The van der Waals surface area contributed by atoms with E-state index in [2.05, 4.69) is 103 Å². The van der Waals surface area contributed by atoms with Gasteiger partial charge in [0.2, 0.25) is 11.4 Å². The molecule has 17 rings (SSSR count). The van der Waals surface area contributed by atoms with Crippen molar-refractivity contribution >= 4 is 80.9 Å². The van der Waals surface area contributed by atoms with E-state index in [0.29, 0.717) is 57.7 Å². The van der Waals surface area contributed by atoms with Crippen LogP contribution in [0.25, 0.3) is 44.1 Å². The molecule has 6 aromatic carbocycles. The fourth-order valence-electron chi connectivity index (χ4n) is 20.1. The molecule has 22 nitrogen and oxygen atoms in total. The van der Waals surface area contributed by atoms with Gasteiger partial charge in [0.25, 0.3) is 17.7 Å². The summed E-state index contributed by atoms with van der Waals surface area (Å²) in [5, 5.41) is 20.0. The Hall–Kier alpha value is -11.0. The standard InChI is InChI=1S/2C29H43N5O.C21H17ClN4O.C19H18N4O/c2*1-34-27(35)29(33-28(34)30,16-14-21-8-3-2-4-9-21)19-22-10-7-11-24(18-22)31-17-15-23-20-32-26-13-6-5-12-25(23)26;1-26-19(27)21(25-20(26)23,18-10-2-3-11-24-18)16-8-4-6-14(12-16)15-7-5-9-17(22)13-15;1-19(11-17(24)23(2)18(21)22-19)16-8-4-7-15(10-16)14-6-3-5-13(9-14)12-20/h2*5-6,12-13,20-22,24,31-32H,2-4,7-11,14-19H2,1H3,(H2,30,33);2-13H,1H3,(H2,23,25);3-10H,11H2,1-2H3,(H2,21,22)/t22-,24+,29+;22-,24-,29+;;19-/m00.0/s1. The monoisotopic (exact) mass is 1650 g/mol. The number of nitrogens with one attached hydrogen (secondary N) is 4. The molecule has 1 unspecified atom stereocenters. The Bertz CT molecular complexity index is 5140. The van der Waals surface area contributed by atoms with E-state index in [1.165, 1.54) is 145 Å². The molecule has 4 fully saturated rings. The molecule has 23 heteroatoms. The predicted octanol–water partition coefficient (Wildman–Crippen LogP) is 16.3. The van der Waals surface area contributed by atoms with Gasteiger partial charge in [0.05, 0.1) is 29.3 Å². The minimum Gasteiger partial charge on any atom is -0.369 e. The lowest BCUT2D eigenvalue weighted by Gasteiger charge is -2.35. The first-order valence-corrected chi connectivity index (χ1v) is 44.4. The van der Waals surface area contributed by atoms with Crippen LogP contribution in [0, 0.1) is 35.0 Å². The van der Waals surface area contributed by atoms with Gasteiger partial charge in [-0.15, -0.1) is 0 Å². The zero-order valence-electron chi connectivity index (χ0n) is 71.1. The molecular weight excluding hydrogens is 1530 g/mol. The number of nitrogens with two attached hydrogens (primary N) is 4. The van der Waals surface area contributed by atoms with Crippen LogP contribution in [0.15, 0.2) is 202 Å². The number of hydrogen-bond donors (Lipinski definition) is 8. The molecule has 0 bridgehead atoms. The lowest BCUT2D eigenvalue weighted by Crippen LogP contribution is -2.47. The molecule has 4 amide bonds. The summed E-state index contributed by atoms with van der Waals surface area (Å²) < 4.78 is 0. The summed E-state index contributed by atoms with van der Waals surface area (Å²) in [5.41, 5.74) is 32.8. The predicted molar refractivity (Wildman–Crippen MR) is 486 cm³/mol. The SMILES string of the molecule is CN1C(=O)C(c2cccc(-c3cccc(Cl)c3)c2)(c2ccccn2)N=C1N.CN1C(=O)C[C@@](C)(c2cccc(-c3cccc(C#N)c3)c2)N=C1N.CN1C(=O)[C@@](CCC2CCCCC2)(C[C@H]2CCC[C@@H](NCCc3c[nH]c4ccccc34)C2)N=C1N.CN1C(=O)[C@@](CCC2CCCCC2)(C[C@H]2CCC[C@H](NCCc3c[nH]c4ccccc34)C2)N=C1N. The highest BCUT2D eigenvalue weighted by Gasteiger charge is 2.52. The molecule has 8 atom stereocenters. The summed E-state index contributed by atoms with van der Waals surface area (Å²) >= 11 is 6.14. The minimum absolute atomic E-state index is 0.0538. The van der Waals surface area contributed by atoms with E-state index in [1.807, 2.05) is 104 Å². The van der Waals surface area contributed by atoms with Gasteiger partial charge in [0.15, 0.2) is 23.8 Å². The number of guanidine groups is 4. The number of rotatable bonds is 23. The van der Waals surface area contributed by atoms with Crippen molar-refractivity contribution in [3.05, 3.63) is 221 Å². The second-order valence-electron chi connectivity index (χ2n) is 35.3. The summed E-state index contributed by atoms with van der Waals surface area (Å²) in [5.74, 6) is 3.71. The number of pyridine rings is 1. The lowest BCUT2D eigenvalue weighted by atomic mass is 9.74. The normalized spacial score (nSPS) is 24.6. The molecule has 4 aliphatic carbocycles. The summed E-state index contributed by atoms with van der Waals surface area (Å²) in [7, 11) is 6.83. The Labute approximate surface area is 718 Å². The van der Waals surface area contributed by atoms with E-state index in [0.717, 1.165) is 117 Å². The summed E-state index contributed by atoms with van der Waals surface area (Å²) in [4.78, 5) is 88.1. The summed E-state index contributed by atoms with van der Waals surface area (Å²) in [6.07, 6.45) is 36.8. The van der Waals surface area contributed by atoms with Crippen molar-refractivity contribution in [2.45, 2.75) is 215 Å². The number of benzene rings is 6. The van der Waals surface area contributed by atoms with Gasteiger partial charge in [0, 0.05) is 85.7 Å². The second kappa shape index (κ2) is 38.8. The van der Waals surface area contributed by atoms with Gasteiger partial charge in [-0.1, -0.05) is 205 Å². The highest BCUT2D eigenvalue weighted by Crippen LogP contribution is 2.45. The van der Waals surface area contributed by atoms with E-state index >= 15 is 0 Å². The number of aromatic amines is 2. The maximum Gasteiger partial charge on any atom is 0.267 e. The Morgan fingerprint density at radius 3 is 1.41 bits per heavy atom. The number of likely N-dealkylation sites (N-methyl/N-ethyl adjacent to an activating group) is 3. The Morgan fingerprint density at radius 2 is 0.934 bits per heavy atom. The van der Waals surface area contributed by atoms with Crippen LogP contribution in [-0.4, -0.2) is 146 Å². The van der Waals surface area contributed by atoms with Crippen molar-refractivity contribution in [3.8, 4) is 28.3 Å². The van der Waals surface area contributed by atoms with Gasteiger partial charge >= 0.3 is 0 Å². The van der Waals surface area contributed by atoms with Gasteiger partial charge in [-0.05, 0) is 226 Å². The van der Waals surface area contributed by atoms with Crippen LogP contribution in [0.3, 0.4) is 0 Å². The van der Waals surface area contributed by atoms with Gasteiger partial charge in [-0.25, -0.2) is 20.0 Å². The first-order valence-electron chi connectivity index (χ1n) is 44.0. The van der Waals surface area contributed by atoms with Gasteiger partial charge in [-0.3, -0.25) is 43.8 Å². The van der Waals surface area contributed by atoms with Crippen molar-refractivity contribution in [3.63, 3.8) is 0 Å². The average molecular weight is 1650 g/mol. The highest BCUT2D eigenvalue weighted by molar-refractivity contribution is 6.30. The van der Waals surface area contributed by atoms with Gasteiger partial charge in [0.1, 0.15) is 11.1 Å². The number of aromatic nitrogens is 3. The number of para-hydroxylation sites is 2. The quantitative estimate of drug-likeness (QED) is 0.0296. The number of hydrogen-bond acceptors (Lipinski definition) is 16. The van der Waals surface area contributed by atoms with E-state index in [4.69, 9.17) is 49.8 Å².